The van der Waals surface area contributed by atoms with E-state index < -0.39 is 23.6 Å². The van der Waals surface area contributed by atoms with Crippen LogP contribution in [-0.4, -0.2) is 26.6 Å². The lowest BCUT2D eigenvalue weighted by atomic mass is 10.1. The number of aryl methyl sites for hydroxylation is 1. The van der Waals surface area contributed by atoms with E-state index in [1.807, 2.05) is 0 Å². The Kier molecular flexibility index (Phi) is 5.97. The minimum absolute atomic E-state index is 0.0171. The smallest absolute Gasteiger partial charge is 0.322 e. The van der Waals surface area contributed by atoms with Gasteiger partial charge in [-0.1, -0.05) is 18.2 Å². The minimum atomic E-state index is -4.53. The van der Waals surface area contributed by atoms with E-state index in [9.17, 15) is 22.8 Å². The third kappa shape index (κ3) is 5.09. The molecule has 2 amide bonds. The summed E-state index contributed by atoms with van der Waals surface area (Å²) in [6.45, 7) is 0. The number of hydrogen-bond donors (Lipinski definition) is 2. The first-order valence-electron chi connectivity index (χ1n) is 9.54. The molecule has 2 N–H and O–H groups in total. The largest absolute Gasteiger partial charge is 0.416 e. The van der Waals surface area contributed by atoms with Crippen LogP contribution in [0.5, 0.6) is 0 Å². The molecule has 0 aliphatic rings. The summed E-state index contributed by atoms with van der Waals surface area (Å²) in [5, 5.41) is 11.4. The number of halogens is 3. The molecule has 0 spiro atoms. The maximum absolute atomic E-state index is 12.9. The lowest BCUT2D eigenvalue weighted by Crippen LogP contribution is -2.18. The first-order valence-corrected chi connectivity index (χ1v) is 10.4. The number of nitrogens with one attached hydrogen (secondary N) is 2. The van der Waals surface area contributed by atoms with Crippen LogP contribution in [0.4, 0.5) is 24.5 Å². The molecule has 0 saturated carbocycles. The summed E-state index contributed by atoms with van der Waals surface area (Å²) in [5.41, 5.74) is 0.314. The monoisotopic (exact) mass is 471 g/mol. The number of amides is 2. The first-order chi connectivity index (χ1) is 15.7. The second-order valence-electron chi connectivity index (χ2n) is 6.97. The van der Waals surface area contributed by atoms with Gasteiger partial charge in [-0.05, 0) is 30.3 Å². The van der Waals surface area contributed by atoms with Crippen molar-refractivity contribution in [2.24, 2.45) is 7.05 Å². The van der Waals surface area contributed by atoms with Gasteiger partial charge in [0.2, 0.25) is 0 Å². The van der Waals surface area contributed by atoms with Gasteiger partial charge in [-0.3, -0.25) is 14.3 Å². The lowest BCUT2D eigenvalue weighted by Gasteiger charge is -2.12. The number of nitrogens with zero attached hydrogens (tertiary/aromatic N) is 3. The number of benzene rings is 2. The molecule has 7 nitrogen and oxygen atoms in total. The number of aromatic nitrogens is 3. The SMILES string of the molecule is Cn1cc(-c2nc(C(=O)Nc3ccccc3C(=O)Nc3cccc(C(F)(F)F)c3)cs2)cn1. The topological polar surface area (TPSA) is 88.9 Å². The van der Waals surface area contributed by atoms with Crippen molar-refractivity contribution in [2.45, 2.75) is 6.18 Å². The molecular weight excluding hydrogens is 455 g/mol. The third-order valence-electron chi connectivity index (χ3n) is 4.56. The Morgan fingerprint density at radius 1 is 1.03 bits per heavy atom. The predicted octanol–water partition coefficient (Wildman–Crippen LogP) is 5.07. The van der Waals surface area contributed by atoms with Gasteiger partial charge in [0.1, 0.15) is 10.7 Å². The third-order valence-corrected chi connectivity index (χ3v) is 5.45. The van der Waals surface area contributed by atoms with Crippen LogP contribution in [0, 0.1) is 0 Å². The van der Waals surface area contributed by atoms with Crippen LogP contribution in [0.3, 0.4) is 0 Å². The van der Waals surface area contributed by atoms with E-state index in [-0.39, 0.29) is 22.6 Å². The summed E-state index contributed by atoms with van der Waals surface area (Å²) >= 11 is 1.27. The number of carbonyl (C=O) groups is 2. The van der Waals surface area contributed by atoms with Crippen LogP contribution >= 0.6 is 11.3 Å². The van der Waals surface area contributed by atoms with Crippen molar-refractivity contribution in [2.75, 3.05) is 10.6 Å². The molecule has 0 unspecified atom stereocenters. The van der Waals surface area contributed by atoms with Crippen molar-refractivity contribution in [3.05, 3.63) is 83.1 Å². The maximum atomic E-state index is 12.9. The van der Waals surface area contributed by atoms with Crippen LogP contribution in [0.2, 0.25) is 0 Å². The summed E-state index contributed by atoms with van der Waals surface area (Å²) in [6, 6.07) is 10.5. The zero-order valence-electron chi connectivity index (χ0n) is 17.1. The summed E-state index contributed by atoms with van der Waals surface area (Å²) in [7, 11) is 1.77. The van der Waals surface area contributed by atoms with Crippen molar-refractivity contribution in [3.63, 3.8) is 0 Å². The highest BCUT2D eigenvalue weighted by Crippen LogP contribution is 2.31. The molecule has 0 radical (unpaired) electrons. The lowest BCUT2D eigenvalue weighted by molar-refractivity contribution is -0.137. The van der Waals surface area contributed by atoms with Crippen LogP contribution in [-0.2, 0) is 13.2 Å². The molecular formula is C22H16F3N5O2S. The molecule has 0 bridgehead atoms. The molecule has 4 rings (SSSR count). The molecule has 2 aromatic heterocycles. The fourth-order valence-electron chi connectivity index (χ4n) is 2.99. The number of anilines is 2. The number of carbonyl (C=O) groups excluding carboxylic acids is 2. The van der Waals surface area contributed by atoms with Gasteiger partial charge in [0, 0.05) is 29.9 Å². The molecule has 2 heterocycles. The number of hydrogen-bond acceptors (Lipinski definition) is 5. The van der Waals surface area contributed by atoms with Gasteiger partial charge < -0.3 is 10.6 Å². The van der Waals surface area contributed by atoms with Crippen LogP contribution < -0.4 is 10.6 Å². The number of para-hydroxylation sites is 1. The number of thiazole rings is 1. The first kappa shape index (κ1) is 22.2. The van der Waals surface area contributed by atoms with Gasteiger partial charge in [-0.15, -0.1) is 11.3 Å². The number of rotatable bonds is 5. The average Bonchev–Trinajstić information content (AvgIpc) is 3.43. The molecule has 4 aromatic rings. The van der Waals surface area contributed by atoms with Gasteiger partial charge in [0.25, 0.3) is 11.8 Å². The van der Waals surface area contributed by atoms with Gasteiger partial charge in [0.05, 0.1) is 23.0 Å². The minimum Gasteiger partial charge on any atom is -0.322 e. The highest BCUT2D eigenvalue weighted by Gasteiger charge is 2.30. The molecule has 0 saturated heterocycles. The van der Waals surface area contributed by atoms with Crippen molar-refractivity contribution in [1.29, 1.82) is 0 Å². The fourth-order valence-corrected chi connectivity index (χ4v) is 3.77. The summed E-state index contributed by atoms with van der Waals surface area (Å²) in [4.78, 5) is 29.8. The van der Waals surface area contributed by atoms with Crippen LogP contribution in [0.1, 0.15) is 26.4 Å². The molecule has 0 aliphatic carbocycles. The van der Waals surface area contributed by atoms with Crippen molar-refractivity contribution in [1.82, 2.24) is 14.8 Å². The normalized spacial score (nSPS) is 11.3. The summed E-state index contributed by atoms with van der Waals surface area (Å²) in [5.74, 6) is -1.19. The quantitative estimate of drug-likeness (QED) is 0.426. The van der Waals surface area contributed by atoms with Gasteiger partial charge >= 0.3 is 6.18 Å². The summed E-state index contributed by atoms with van der Waals surface area (Å²) < 4.78 is 40.4. The van der Waals surface area contributed by atoms with E-state index in [2.05, 4.69) is 20.7 Å². The van der Waals surface area contributed by atoms with E-state index in [1.54, 1.807) is 41.6 Å². The highest BCUT2D eigenvalue weighted by molar-refractivity contribution is 7.13. The van der Waals surface area contributed by atoms with Crippen LogP contribution in [0.15, 0.2) is 66.3 Å². The fraction of sp³-hybridized carbons (Fsp3) is 0.0909. The zero-order chi connectivity index (χ0) is 23.6. The van der Waals surface area contributed by atoms with Crippen molar-refractivity contribution >= 4 is 34.5 Å². The molecule has 168 valence electrons. The Labute approximate surface area is 189 Å². The Morgan fingerprint density at radius 3 is 2.55 bits per heavy atom. The second kappa shape index (κ2) is 8.87. The van der Waals surface area contributed by atoms with Gasteiger partial charge in [-0.2, -0.15) is 18.3 Å². The molecule has 0 aliphatic heterocycles. The number of alkyl halides is 3. The van der Waals surface area contributed by atoms with Crippen LogP contribution in [0.25, 0.3) is 10.6 Å². The van der Waals surface area contributed by atoms with E-state index in [4.69, 9.17) is 0 Å². The molecule has 0 fully saturated rings. The van der Waals surface area contributed by atoms with Crippen molar-refractivity contribution in [3.8, 4) is 10.6 Å². The molecule has 2 aromatic carbocycles. The van der Waals surface area contributed by atoms with E-state index in [1.165, 1.54) is 35.6 Å². The summed E-state index contributed by atoms with van der Waals surface area (Å²) in [6.07, 6.45) is -1.13. The molecule has 0 atom stereocenters. The van der Waals surface area contributed by atoms with Gasteiger partial charge in [-0.25, -0.2) is 4.98 Å². The Hall–Kier alpha value is -3.99. The Bertz CT molecular complexity index is 1330. The zero-order valence-corrected chi connectivity index (χ0v) is 17.9. The predicted molar refractivity (Wildman–Crippen MR) is 118 cm³/mol. The second-order valence-corrected chi connectivity index (χ2v) is 7.83. The Morgan fingerprint density at radius 2 is 1.82 bits per heavy atom. The highest BCUT2D eigenvalue weighted by atomic mass is 32.1. The molecule has 11 heteroatoms. The van der Waals surface area contributed by atoms with E-state index in [0.717, 1.165) is 17.7 Å². The average molecular weight is 471 g/mol. The van der Waals surface area contributed by atoms with E-state index in [0.29, 0.717) is 5.01 Å². The molecule has 33 heavy (non-hydrogen) atoms. The van der Waals surface area contributed by atoms with Gasteiger partial charge in [0.15, 0.2) is 0 Å². The standard InChI is InChI=1S/C22H16F3N5O2S/c1-30-11-13(10-26-30)21-29-18(12-33-21)20(32)28-17-8-3-2-7-16(17)19(31)27-15-6-4-5-14(9-15)22(23,24)25/h2-12H,1H3,(H,27,31)(H,28,32). The van der Waals surface area contributed by atoms with Crippen molar-refractivity contribution < 1.29 is 22.8 Å². The van der Waals surface area contributed by atoms with E-state index >= 15 is 0 Å². The Balaban J connectivity index is 1.51. The maximum Gasteiger partial charge on any atom is 0.416 e.